The summed E-state index contributed by atoms with van der Waals surface area (Å²) < 4.78 is 2.67. The molecule has 2 nitrogen and oxygen atoms in total. The molecule has 0 bridgehead atoms. The van der Waals surface area contributed by atoms with Crippen LogP contribution in [0.15, 0.2) is 65.4 Å². The van der Waals surface area contributed by atoms with Gasteiger partial charge >= 0.3 is 0 Å². The third-order valence-electron chi connectivity index (χ3n) is 3.15. The molecule has 0 aliphatic heterocycles. The maximum atomic E-state index is 6.53. The standard InChI is InChI=1S/C16H11BrCl2N2/c17-14-7-6-11(8-15(14)18)16(19)12-9-20-21(10-12)13-4-2-1-3-5-13/h1-10,16H. The van der Waals surface area contributed by atoms with E-state index in [1.807, 2.05) is 59.4 Å². The van der Waals surface area contributed by atoms with Crippen LogP contribution in [0.4, 0.5) is 0 Å². The van der Waals surface area contributed by atoms with Gasteiger partial charge < -0.3 is 0 Å². The first-order valence-corrected chi connectivity index (χ1v) is 7.95. The molecule has 0 saturated heterocycles. The van der Waals surface area contributed by atoms with Gasteiger partial charge in [0.05, 0.1) is 22.3 Å². The molecule has 0 radical (unpaired) electrons. The molecule has 0 aliphatic rings. The Hall–Kier alpha value is -1.29. The Kier molecular flexibility index (Phi) is 4.34. The summed E-state index contributed by atoms with van der Waals surface area (Å²) >= 11 is 16.0. The summed E-state index contributed by atoms with van der Waals surface area (Å²) in [4.78, 5) is 0. The van der Waals surface area contributed by atoms with E-state index in [-0.39, 0.29) is 5.38 Å². The van der Waals surface area contributed by atoms with E-state index in [2.05, 4.69) is 21.0 Å². The highest BCUT2D eigenvalue weighted by molar-refractivity contribution is 9.10. The van der Waals surface area contributed by atoms with Gasteiger partial charge in [0.1, 0.15) is 0 Å². The van der Waals surface area contributed by atoms with Crippen molar-refractivity contribution in [2.24, 2.45) is 0 Å². The Bertz CT molecular complexity index is 756. The Labute approximate surface area is 141 Å². The molecule has 0 fully saturated rings. The smallest absolute Gasteiger partial charge is 0.0866 e. The van der Waals surface area contributed by atoms with Crippen LogP contribution in [-0.2, 0) is 0 Å². The summed E-state index contributed by atoms with van der Waals surface area (Å²) in [5.74, 6) is 0. The molecule has 1 unspecified atom stereocenters. The van der Waals surface area contributed by atoms with Gasteiger partial charge in [0.2, 0.25) is 0 Å². The lowest BCUT2D eigenvalue weighted by atomic mass is 10.1. The summed E-state index contributed by atoms with van der Waals surface area (Å²) in [6.07, 6.45) is 3.71. The Balaban J connectivity index is 1.90. The zero-order valence-corrected chi connectivity index (χ0v) is 14.0. The number of hydrogen-bond acceptors (Lipinski definition) is 1. The van der Waals surface area contributed by atoms with Gasteiger partial charge in [0.25, 0.3) is 0 Å². The number of benzene rings is 2. The van der Waals surface area contributed by atoms with Crippen LogP contribution in [-0.4, -0.2) is 9.78 Å². The molecule has 0 N–H and O–H groups in total. The van der Waals surface area contributed by atoms with Gasteiger partial charge in [-0.1, -0.05) is 35.9 Å². The summed E-state index contributed by atoms with van der Waals surface area (Å²) in [7, 11) is 0. The van der Waals surface area contributed by atoms with Crippen molar-refractivity contribution in [3.05, 3.63) is 81.5 Å². The highest BCUT2D eigenvalue weighted by atomic mass is 79.9. The second kappa shape index (κ2) is 6.22. The minimum Gasteiger partial charge on any atom is -0.241 e. The van der Waals surface area contributed by atoms with Gasteiger partial charge in [-0.2, -0.15) is 5.10 Å². The minimum atomic E-state index is -0.284. The number of rotatable bonds is 3. The summed E-state index contributed by atoms with van der Waals surface area (Å²) in [5, 5.41) is 4.73. The number of alkyl halides is 1. The quantitative estimate of drug-likeness (QED) is 0.538. The predicted octanol–water partition coefficient (Wildman–Crippen LogP) is 5.62. The molecular weight excluding hydrogens is 371 g/mol. The summed E-state index contributed by atoms with van der Waals surface area (Å²) in [6.45, 7) is 0. The number of hydrogen-bond donors (Lipinski definition) is 0. The van der Waals surface area contributed by atoms with E-state index in [1.54, 1.807) is 6.20 Å². The molecule has 3 aromatic rings. The van der Waals surface area contributed by atoms with E-state index in [0.29, 0.717) is 5.02 Å². The molecule has 0 saturated carbocycles. The van der Waals surface area contributed by atoms with Crippen molar-refractivity contribution < 1.29 is 0 Å². The van der Waals surface area contributed by atoms with Crippen LogP contribution in [0.5, 0.6) is 0 Å². The van der Waals surface area contributed by atoms with Crippen molar-refractivity contribution in [1.29, 1.82) is 0 Å². The zero-order valence-electron chi connectivity index (χ0n) is 10.9. The monoisotopic (exact) mass is 380 g/mol. The molecule has 2 aromatic carbocycles. The fourth-order valence-corrected chi connectivity index (χ4v) is 2.74. The molecule has 1 aromatic heterocycles. The number of aromatic nitrogens is 2. The van der Waals surface area contributed by atoms with Gasteiger partial charge in [0, 0.05) is 16.2 Å². The van der Waals surface area contributed by atoms with Gasteiger partial charge in [-0.3, -0.25) is 0 Å². The molecule has 21 heavy (non-hydrogen) atoms. The second-order valence-corrected chi connectivity index (χ2v) is 6.29. The molecular formula is C16H11BrCl2N2. The van der Waals surface area contributed by atoms with Crippen molar-refractivity contribution in [3.8, 4) is 5.69 Å². The summed E-state index contributed by atoms with van der Waals surface area (Å²) in [5.41, 5.74) is 2.87. The van der Waals surface area contributed by atoms with E-state index in [9.17, 15) is 0 Å². The first-order chi connectivity index (χ1) is 10.1. The first kappa shape index (κ1) is 14.6. The van der Waals surface area contributed by atoms with Crippen LogP contribution in [0.2, 0.25) is 5.02 Å². The predicted molar refractivity (Wildman–Crippen MR) is 90.4 cm³/mol. The third-order valence-corrected chi connectivity index (χ3v) is 4.89. The van der Waals surface area contributed by atoms with Crippen LogP contribution < -0.4 is 0 Å². The van der Waals surface area contributed by atoms with Gasteiger partial charge in [0.15, 0.2) is 0 Å². The van der Waals surface area contributed by atoms with Crippen molar-refractivity contribution in [1.82, 2.24) is 9.78 Å². The van der Waals surface area contributed by atoms with Crippen LogP contribution >= 0.6 is 39.1 Å². The van der Waals surface area contributed by atoms with Crippen LogP contribution in [0.25, 0.3) is 5.69 Å². The third kappa shape index (κ3) is 3.15. The van der Waals surface area contributed by atoms with E-state index < -0.39 is 0 Å². The van der Waals surface area contributed by atoms with Crippen molar-refractivity contribution in [3.63, 3.8) is 0 Å². The second-order valence-electron chi connectivity index (χ2n) is 4.59. The lowest BCUT2D eigenvalue weighted by Crippen LogP contribution is -1.94. The van der Waals surface area contributed by atoms with E-state index in [0.717, 1.165) is 21.3 Å². The molecule has 0 amide bonds. The zero-order chi connectivity index (χ0) is 14.8. The number of halogens is 3. The average Bonchev–Trinajstić information content (AvgIpc) is 3.00. The summed E-state index contributed by atoms with van der Waals surface area (Å²) in [6, 6.07) is 15.6. The molecule has 1 atom stereocenters. The van der Waals surface area contributed by atoms with E-state index in [4.69, 9.17) is 23.2 Å². The molecule has 106 valence electrons. The van der Waals surface area contributed by atoms with E-state index in [1.165, 1.54) is 0 Å². The Morgan fingerprint density at radius 2 is 1.81 bits per heavy atom. The fraction of sp³-hybridized carbons (Fsp3) is 0.0625. The van der Waals surface area contributed by atoms with Crippen molar-refractivity contribution in [2.75, 3.05) is 0 Å². The molecule has 0 aliphatic carbocycles. The average molecular weight is 382 g/mol. The highest BCUT2D eigenvalue weighted by Crippen LogP contribution is 2.33. The maximum Gasteiger partial charge on any atom is 0.0866 e. The lowest BCUT2D eigenvalue weighted by Gasteiger charge is -2.08. The highest BCUT2D eigenvalue weighted by Gasteiger charge is 2.14. The Morgan fingerprint density at radius 1 is 1.05 bits per heavy atom. The van der Waals surface area contributed by atoms with Crippen LogP contribution in [0.3, 0.4) is 0 Å². The number of para-hydroxylation sites is 1. The first-order valence-electron chi connectivity index (χ1n) is 6.34. The molecule has 0 spiro atoms. The minimum absolute atomic E-state index is 0.284. The van der Waals surface area contributed by atoms with Crippen molar-refractivity contribution >= 4 is 39.1 Å². The van der Waals surface area contributed by atoms with Gasteiger partial charge in [-0.05, 0) is 45.8 Å². The van der Waals surface area contributed by atoms with Gasteiger partial charge in [-0.25, -0.2) is 4.68 Å². The van der Waals surface area contributed by atoms with Crippen LogP contribution in [0, 0.1) is 0 Å². The molecule has 1 heterocycles. The molecule has 5 heteroatoms. The van der Waals surface area contributed by atoms with E-state index >= 15 is 0 Å². The lowest BCUT2D eigenvalue weighted by molar-refractivity contribution is 0.880. The fourth-order valence-electron chi connectivity index (χ4n) is 2.05. The van der Waals surface area contributed by atoms with Gasteiger partial charge in [-0.15, -0.1) is 11.6 Å². The molecule has 3 rings (SSSR count). The topological polar surface area (TPSA) is 17.8 Å². The van der Waals surface area contributed by atoms with Crippen molar-refractivity contribution in [2.45, 2.75) is 5.38 Å². The SMILES string of the molecule is Clc1cc(C(Cl)c2cnn(-c3ccccc3)c2)ccc1Br. The maximum absolute atomic E-state index is 6.53. The number of nitrogens with zero attached hydrogens (tertiary/aromatic N) is 2. The normalized spacial score (nSPS) is 12.3. The Morgan fingerprint density at radius 3 is 2.52 bits per heavy atom. The van der Waals surface area contributed by atoms with Crippen LogP contribution in [0.1, 0.15) is 16.5 Å². The largest absolute Gasteiger partial charge is 0.241 e.